The van der Waals surface area contributed by atoms with Gasteiger partial charge in [0.1, 0.15) is 6.61 Å². The van der Waals surface area contributed by atoms with Gasteiger partial charge < -0.3 is 23.7 Å². The SMILES string of the molecule is CC(=O)OC[C@@H](OC(C)=O)[C@H](OC(C)=O)[C@@H](OC(C)=O)[C@H](C=O)OC(C)=O. The van der Waals surface area contributed by atoms with E-state index in [0.29, 0.717) is 0 Å². The van der Waals surface area contributed by atoms with Crippen molar-refractivity contribution in [2.75, 3.05) is 6.61 Å². The standard InChI is InChI=1S/C16H22O11/c1-8(18)23-7-14(25-10(3)20)16(27-12(5)22)15(26-11(4)21)13(6-17)24-9(2)19/h6,13-16H,7H2,1-5H3/t13-,14+,15-,16-/m0/s1. The Bertz CT molecular complexity index is 583. The molecule has 27 heavy (non-hydrogen) atoms. The van der Waals surface area contributed by atoms with Gasteiger partial charge in [-0.1, -0.05) is 0 Å². The summed E-state index contributed by atoms with van der Waals surface area (Å²) in [5.74, 6) is -4.23. The van der Waals surface area contributed by atoms with Crippen LogP contribution in [0.1, 0.15) is 34.6 Å². The molecule has 0 aromatic carbocycles. The summed E-state index contributed by atoms with van der Waals surface area (Å²) < 4.78 is 24.6. The number of rotatable bonds is 10. The lowest BCUT2D eigenvalue weighted by Gasteiger charge is -2.33. The minimum absolute atomic E-state index is 0.155. The third-order valence-corrected chi connectivity index (χ3v) is 2.82. The third kappa shape index (κ3) is 9.92. The number of hydrogen-bond donors (Lipinski definition) is 0. The average Bonchev–Trinajstić information content (AvgIpc) is 2.51. The van der Waals surface area contributed by atoms with Gasteiger partial charge in [-0.2, -0.15) is 0 Å². The van der Waals surface area contributed by atoms with Gasteiger partial charge in [0.15, 0.2) is 30.7 Å². The minimum atomic E-state index is -1.67. The van der Waals surface area contributed by atoms with Crippen LogP contribution in [0, 0.1) is 0 Å². The van der Waals surface area contributed by atoms with E-state index in [1.165, 1.54) is 0 Å². The molecule has 0 saturated heterocycles. The molecular formula is C16H22O11. The van der Waals surface area contributed by atoms with Crippen molar-refractivity contribution in [2.45, 2.75) is 59.0 Å². The Kier molecular flexibility index (Phi) is 10.3. The fraction of sp³-hybridized carbons (Fsp3) is 0.625. The molecule has 11 nitrogen and oxygen atoms in total. The molecule has 0 N–H and O–H groups in total. The van der Waals surface area contributed by atoms with Gasteiger partial charge in [0.05, 0.1) is 0 Å². The molecule has 0 aliphatic rings. The zero-order valence-electron chi connectivity index (χ0n) is 15.6. The lowest BCUT2D eigenvalue weighted by molar-refractivity contribution is -0.201. The second-order valence-electron chi connectivity index (χ2n) is 5.31. The topological polar surface area (TPSA) is 149 Å². The molecule has 0 aromatic heterocycles. The van der Waals surface area contributed by atoms with Crippen LogP contribution in [-0.2, 0) is 52.5 Å². The van der Waals surface area contributed by atoms with Crippen LogP contribution in [0.15, 0.2) is 0 Å². The Morgan fingerprint density at radius 1 is 0.667 bits per heavy atom. The van der Waals surface area contributed by atoms with Crippen molar-refractivity contribution in [3.05, 3.63) is 0 Å². The molecule has 152 valence electrons. The fourth-order valence-electron chi connectivity index (χ4n) is 2.03. The average molecular weight is 390 g/mol. The van der Waals surface area contributed by atoms with E-state index in [4.69, 9.17) is 23.7 Å². The summed E-state index contributed by atoms with van der Waals surface area (Å²) in [6.07, 6.45) is -6.23. The van der Waals surface area contributed by atoms with Gasteiger partial charge in [-0.15, -0.1) is 0 Å². The molecular weight excluding hydrogens is 368 g/mol. The number of carbonyl (C=O) groups excluding carboxylic acids is 6. The Morgan fingerprint density at radius 2 is 1.11 bits per heavy atom. The van der Waals surface area contributed by atoms with Crippen molar-refractivity contribution in [2.24, 2.45) is 0 Å². The summed E-state index contributed by atoms with van der Waals surface area (Å²) in [6.45, 7) is 4.56. The predicted molar refractivity (Wildman–Crippen MR) is 84.9 cm³/mol. The van der Waals surface area contributed by atoms with Gasteiger partial charge in [-0.3, -0.25) is 28.8 Å². The largest absolute Gasteiger partial charge is 0.462 e. The maximum atomic E-state index is 11.5. The van der Waals surface area contributed by atoms with E-state index >= 15 is 0 Å². The van der Waals surface area contributed by atoms with Gasteiger partial charge in [0.2, 0.25) is 0 Å². The number of esters is 5. The normalized spacial score (nSPS) is 14.6. The second kappa shape index (κ2) is 11.6. The van der Waals surface area contributed by atoms with Gasteiger partial charge in [-0.25, -0.2) is 0 Å². The highest BCUT2D eigenvalue weighted by molar-refractivity contribution is 5.72. The van der Waals surface area contributed by atoms with Crippen LogP contribution < -0.4 is 0 Å². The summed E-state index contributed by atoms with van der Waals surface area (Å²) in [7, 11) is 0. The van der Waals surface area contributed by atoms with Crippen LogP contribution in [0.4, 0.5) is 0 Å². The zero-order valence-corrected chi connectivity index (χ0v) is 15.6. The molecule has 0 aromatic rings. The summed E-state index contributed by atoms with van der Waals surface area (Å²) in [5, 5.41) is 0. The summed E-state index contributed by atoms with van der Waals surface area (Å²) in [4.78, 5) is 68.0. The first kappa shape index (κ1) is 24.0. The van der Waals surface area contributed by atoms with Gasteiger partial charge >= 0.3 is 29.8 Å². The van der Waals surface area contributed by atoms with E-state index in [1.54, 1.807) is 0 Å². The molecule has 4 atom stereocenters. The monoisotopic (exact) mass is 390 g/mol. The van der Waals surface area contributed by atoms with Crippen LogP contribution in [-0.4, -0.2) is 67.2 Å². The lowest BCUT2D eigenvalue weighted by Crippen LogP contribution is -2.53. The number of aldehydes is 1. The van der Waals surface area contributed by atoms with Crippen LogP contribution in [0.5, 0.6) is 0 Å². The molecule has 11 heteroatoms. The van der Waals surface area contributed by atoms with Crippen molar-refractivity contribution in [1.82, 2.24) is 0 Å². The summed E-state index contributed by atoms with van der Waals surface area (Å²) in [6, 6.07) is 0. The van der Waals surface area contributed by atoms with E-state index in [9.17, 15) is 28.8 Å². The molecule has 0 aliphatic heterocycles. The summed E-state index contributed by atoms with van der Waals surface area (Å²) in [5.41, 5.74) is 0. The van der Waals surface area contributed by atoms with E-state index in [0.717, 1.165) is 34.6 Å². The van der Waals surface area contributed by atoms with Crippen LogP contribution in [0.3, 0.4) is 0 Å². The van der Waals surface area contributed by atoms with E-state index < -0.39 is 60.9 Å². The first-order valence-electron chi connectivity index (χ1n) is 7.75. The molecule has 0 aliphatic carbocycles. The van der Waals surface area contributed by atoms with E-state index in [2.05, 4.69) is 0 Å². The highest BCUT2D eigenvalue weighted by Crippen LogP contribution is 2.19. The highest BCUT2D eigenvalue weighted by Gasteiger charge is 2.43. The van der Waals surface area contributed by atoms with Crippen molar-refractivity contribution in [3.8, 4) is 0 Å². The maximum Gasteiger partial charge on any atom is 0.303 e. The van der Waals surface area contributed by atoms with E-state index in [-0.39, 0.29) is 6.29 Å². The molecule has 0 radical (unpaired) electrons. The Balaban J connectivity index is 6.00. The highest BCUT2D eigenvalue weighted by atomic mass is 16.6. The van der Waals surface area contributed by atoms with Crippen molar-refractivity contribution >= 4 is 36.1 Å². The second-order valence-corrected chi connectivity index (χ2v) is 5.31. The minimum Gasteiger partial charge on any atom is -0.462 e. The van der Waals surface area contributed by atoms with Gasteiger partial charge in [-0.05, 0) is 0 Å². The molecule has 0 rings (SSSR count). The van der Waals surface area contributed by atoms with Gasteiger partial charge in [0.25, 0.3) is 0 Å². The van der Waals surface area contributed by atoms with Crippen molar-refractivity contribution in [3.63, 3.8) is 0 Å². The molecule has 0 saturated carbocycles. The zero-order chi connectivity index (χ0) is 21.1. The Labute approximate surface area is 155 Å². The molecule has 0 bridgehead atoms. The van der Waals surface area contributed by atoms with Crippen LogP contribution in [0.2, 0.25) is 0 Å². The predicted octanol–water partition coefficient (Wildman–Crippen LogP) is -0.525. The van der Waals surface area contributed by atoms with Gasteiger partial charge in [0, 0.05) is 34.6 Å². The van der Waals surface area contributed by atoms with Crippen molar-refractivity contribution < 1.29 is 52.5 Å². The third-order valence-electron chi connectivity index (χ3n) is 2.82. The summed E-state index contributed by atoms with van der Waals surface area (Å²) >= 11 is 0. The molecule has 0 amide bonds. The molecule has 0 fully saturated rings. The lowest BCUT2D eigenvalue weighted by atomic mass is 10.0. The quantitative estimate of drug-likeness (QED) is 0.269. The Hall–Kier alpha value is -2.98. The first-order chi connectivity index (χ1) is 12.5. The Morgan fingerprint density at radius 3 is 1.48 bits per heavy atom. The molecule has 0 spiro atoms. The van der Waals surface area contributed by atoms with E-state index in [1.807, 2.05) is 0 Å². The molecule has 0 heterocycles. The van der Waals surface area contributed by atoms with Crippen molar-refractivity contribution in [1.29, 1.82) is 0 Å². The van der Waals surface area contributed by atoms with Crippen LogP contribution in [0.25, 0.3) is 0 Å². The maximum absolute atomic E-state index is 11.5. The number of hydrogen-bond acceptors (Lipinski definition) is 11. The molecule has 0 unspecified atom stereocenters. The smallest absolute Gasteiger partial charge is 0.303 e. The number of carbonyl (C=O) groups is 6. The van der Waals surface area contributed by atoms with Crippen LogP contribution >= 0.6 is 0 Å². The first-order valence-corrected chi connectivity index (χ1v) is 7.75. The fourth-order valence-corrected chi connectivity index (χ4v) is 2.03. The number of ether oxygens (including phenoxy) is 5.